The summed E-state index contributed by atoms with van der Waals surface area (Å²) in [5.41, 5.74) is 2.57. The molecule has 0 unspecified atom stereocenters. The van der Waals surface area contributed by atoms with Crippen molar-refractivity contribution in [1.29, 1.82) is 0 Å². The van der Waals surface area contributed by atoms with Gasteiger partial charge >= 0.3 is 0 Å². The Labute approximate surface area is 154 Å². The van der Waals surface area contributed by atoms with Gasteiger partial charge in [0.05, 0.1) is 13.0 Å². The van der Waals surface area contributed by atoms with Gasteiger partial charge in [-0.15, -0.1) is 0 Å². The summed E-state index contributed by atoms with van der Waals surface area (Å²) >= 11 is 0. The van der Waals surface area contributed by atoms with Crippen molar-refractivity contribution in [2.24, 2.45) is 0 Å². The van der Waals surface area contributed by atoms with Crippen LogP contribution in [0.1, 0.15) is 24.5 Å². The van der Waals surface area contributed by atoms with Crippen LogP contribution >= 0.6 is 0 Å². The third-order valence-corrected chi connectivity index (χ3v) is 3.66. The quantitative estimate of drug-likeness (QED) is 0.679. The van der Waals surface area contributed by atoms with Gasteiger partial charge in [-0.25, -0.2) is 0 Å². The molecule has 0 aliphatic carbocycles. The predicted octanol–water partition coefficient (Wildman–Crippen LogP) is 3.46. The number of hydrogen-bond donors (Lipinski definition) is 2. The zero-order chi connectivity index (χ0) is 18.8. The van der Waals surface area contributed by atoms with Crippen LogP contribution in [0.25, 0.3) is 0 Å². The molecule has 0 atom stereocenters. The molecule has 0 fully saturated rings. The molecule has 5 nitrogen and oxygen atoms in total. The van der Waals surface area contributed by atoms with E-state index in [1.165, 1.54) is 6.08 Å². The molecule has 2 aromatic carbocycles. The van der Waals surface area contributed by atoms with Crippen LogP contribution in [0.15, 0.2) is 61.2 Å². The Bertz CT molecular complexity index is 737. The Morgan fingerprint density at radius 2 is 1.69 bits per heavy atom. The summed E-state index contributed by atoms with van der Waals surface area (Å²) in [5.74, 6) is 0.520. The largest absolute Gasteiger partial charge is 0.494 e. The molecule has 0 saturated carbocycles. The number of anilines is 1. The molecule has 2 N–H and O–H groups in total. The van der Waals surface area contributed by atoms with E-state index in [0.29, 0.717) is 18.8 Å². The molecule has 26 heavy (non-hydrogen) atoms. The average molecular weight is 352 g/mol. The van der Waals surface area contributed by atoms with E-state index in [9.17, 15) is 9.59 Å². The van der Waals surface area contributed by atoms with Gasteiger partial charge < -0.3 is 15.4 Å². The van der Waals surface area contributed by atoms with Crippen molar-refractivity contribution in [1.82, 2.24) is 5.32 Å². The summed E-state index contributed by atoms with van der Waals surface area (Å²) in [5, 5.41) is 5.57. The van der Waals surface area contributed by atoms with Gasteiger partial charge in [-0.3, -0.25) is 9.59 Å². The highest BCUT2D eigenvalue weighted by molar-refractivity contribution is 5.98. The minimum atomic E-state index is -0.262. The second-order valence-corrected chi connectivity index (χ2v) is 5.84. The Kier molecular flexibility index (Phi) is 7.43. The minimum absolute atomic E-state index is 0.0563. The van der Waals surface area contributed by atoms with E-state index in [4.69, 9.17) is 4.74 Å². The molecule has 0 aliphatic heterocycles. The zero-order valence-electron chi connectivity index (χ0n) is 15.0. The smallest absolute Gasteiger partial charge is 0.247 e. The standard InChI is InChI=1S/C21H24N2O3/c1-3-13-26-19-11-7-17(8-12-19)15-22-21(25)14-16-5-9-18(10-6-16)23-20(24)4-2/h4-12H,2-3,13-15H2,1H3,(H,22,25)(H,23,24). The van der Waals surface area contributed by atoms with E-state index in [1.807, 2.05) is 36.4 Å². The fourth-order valence-electron chi connectivity index (χ4n) is 2.27. The molecular weight excluding hydrogens is 328 g/mol. The highest BCUT2D eigenvalue weighted by Gasteiger charge is 2.05. The van der Waals surface area contributed by atoms with Crippen LogP contribution in [0.2, 0.25) is 0 Å². The van der Waals surface area contributed by atoms with E-state index >= 15 is 0 Å². The summed E-state index contributed by atoms with van der Waals surface area (Å²) in [4.78, 5) is 23.3. The highest BCUT2D eigenvalue weighted by Crippen LogP contribution is 2.13. The highest BCUT2D eigenvalue weighted by atomic mass is 16.5. The lowest BCUT2D eigenvalue weighted by Gasteiger charge is -2.08. The van der Waals surface area contributed by atoms with Crippen molar-refractivity contribution in [2.75, 3.05) is 11.9 Å². The molecule has 0 saturated heterocycles. The lowest BCUT2D eigenvalue weighted by molar-refractivity contribution is -0.120. The molecule has 0 radical (unpaired) electrons. The van der Waals surface area contributed by atoms with Crippen molar-refractivity contribution in [3.05, 3.63) is 72.3 Å². The first-order chi connectivity index (χ1) is 12.6. The van der Waals surface area contributed by atoms with Gasteiger partial charge in [0, 0.05) is 12.2 Å². The fourth-order valence-corrected chi connectivity index (χ4v) is 2.27. The van der Waals surface area contributed by atoms with Gasteiger partial charge in [0.15, 0.2) is 0 Å². The van der Waals surface area contributed by atoms with Crippen LogP contribution in [-0.4, -0.2) is 18.4 Å². The first kappa shape index (κ1) is 19.2. The van der Waals surface area contributed by atoms with Crippen molar-refractivity contribution in [2.45, 2.75) is 26.3 Å². The maximum Gasteiger partial charge on any atom is 0.247 e. The number of amides is 2. The normalized spacial score (nSPS) is 10.0. The van der Waals surface area contributed by atoms with E-state index in [1.54, 1.807) is 12.1 Å². The Morgan fingerprint density at radius 1 is 1.04 bits per heavy atom. The number of benzene rings is 2. The third kappa shape index (κ3) is 6.43. The van der Waals surface area contributed by atoms with Gasteiger partial charge in [0.2, 0.25) is 11.8 Å². The summed E-state index contributed by atoms with van der Waals surface area (Å²) < 4.78 is 5.54. The van der Waals surface area contributed by atoms with Gasteiger partial charge in [0.1, 0.15) is 5.75 Å². The van der Waals surface area contributed by atoms with E-state index < -0.39 is 0 Å². The van der Waals surface area contributed by atoms with Crippen LogP contribution in [0.5, 0.6) is 5.75 Å². The summed E-state index contributed by atoms with van der Waals surface area (Å²) in [6.45, 7) is 6.64. The summed E-state index contributed by atoms with van der Waals surface area (Å²) in [6.07, 6.45) is 2.47. The maximum atomic E-state index is 12.1. The van der Waals surface area contributed by atoms with E-state index in [0.717, 1.165) is 23.3 Å². The lowest BCUT2D eigenvalue weighted by atomic mass is 10.1. The first-order valence-electron chi connectivity index (χ1n) is 8.61. The summed E-state index contributed by atoms with van der Waals surface area (Å²) in [7, 11) is 0. The molecule has 0 aromatic heterocycles. The van der Waals surface area contributed by atoms with Crippen LogP contribution in [0.3, 0.4) is 0 Å². The number of rotatable bonds is 9. The zero-order valence-corrected chi connectivity index (χ0v) is 15.0. The molecule has 2 aromatic rings. The van der Waals surface area contributed by atoms with Gasteiger partial charge in [-0.2, -0.15) is 0 Å². The molecule has 0 aliphatic rings. The number of hydrogen-bond acceptors (Lipinski definition) is 3. The minimum Gasteiger partial charge on any atom is -0.494 e. The van der Waals surface area contributed by atoms with Crippen molar-refractivity contribution in [3.63, 3.8) is 0 Å². The third-order valence-electron chi connectivity index (χ3n) is 3.66. The van der Waals surface area contributed by atoms with Crippen LogP contribution in [0.4, 0.5) is 5.69 Å². The monoisotopic (exact) mass is 352 g/mol. The fraction of sp³-hybridized carbons (Fsp3) is 0.238. The van der Waals surface area contributed by atoms with Gasteiger partial charge in [-0.1, -0.05) is 37.8 Å². The molecule has 136 valence electrons. The second-order valence-electron chi connectivity index (χ2n) is 5.84. The maximum absolute atomic E-state index is 12.1. The van der Waals surface area contributed by atoms with Crippen LogP contribution in [-0.2, 0) is 22.6 Å². The Morgan fingerprint density at radius 3 is 2.31 bits per heavy atom. The van der Waals surface area contributed by atoms with Crippen molar-refractivity contribution in [3.8, 4) is 5.75 Å². The van der Waals surface area contributed by atoms with Crippen LogP contribution in [0, 0.1) is 0 Å². The SMILES string of the molecule is C=CC(=O)Nc1ccc(CC(=O)NCc2ccc(OCCC)cc2)cc1. The topological polar surface area (TPSA) is 67.4 Å². The van der Waals surface area contributed by atoms with E-state index in [2.05, 4.69) is 24.1 Å². The molecule has 5 heteroatoms. The number of nitrogens with one attached hydrogen (secondary N) is 2. The Balaban J connectivity index is 1.79. The number of carbonyl (C=O) groups excluding carboxylic acids is 2. The predicted molar refractivity (Wildman–Crippen MR) is 103 cm³/mol. The molecule has 2 amide bonds. The molecule has 0 spiro atoms. The molecule has 0 bridgehead atoms. The average Bonchev–Trinajstić information content (AvgIpc) is 2.67. The van der Waals surface area contributed by atoms with Crippen LogP contribution < -0.4 is 15.4 Å². The molecular formula is C21H24N2O3. The Hall–Kier alpha value is -3.08. The molecule has 0 heterocycles. The second kappa shape index (κ2) is 10.0. The van der Waals surface area contributed by atoms with Gasteiger partial charge in [-0.05, 0) is 47.9 Å². The first-order valence-corrected chi connectivity index (χ1v) is 8.61. The van der Waals surface area contributed by atoms with Crippen molar-refractivity contribution >= 4 is 17.5 Å². The van der Waals surface area contributed by atoms with Gasteiger partial charge in [0.25, 0.3) is 0 Å². The lowest BCUT2D eigenvalue weighted by Crippen LogP contribution is -2.24. The molecule has 2 rings (SSSR count). The number of carbonyl (C=O) groups is 2. The number of ether oxygens (including phenoxy) is 1. The van der Waals surface area contributed by atoms with Crippen molar-refractivity contribution < 1.29 is 14.3 Å². The summed E-state index contributed by atoms with van der Waals surface area (Å²) in [6, 6.07) is 14.9. The van der Waals surface area contributed by atoms with E-state index in [-0.39, 0.29) is 18.2 Å².